The second kappa shape index (κ2) is 5.99. The Balaban J connectivity index is 2.90. The SMILES string of the molecule is CCc1nnc(C)cc1C(=O)NCCI. The monoisotopic (exact) mass is 319 g/mol. The maximum Gasteiger partial charge on any atom is 0.253 e. The molecule has 0 fully saturated rings. The van der Waals surface area contributed by atoms with E-state index in [-0.39, 0.29) is 5.91 Å². The number of nitrogens with zero attached hydrogens (tertiary/aromatic N) is 2. The van der Waals surface area contributed by atoms with Crippen LogP contribution >= 0.6 is 22.6 Å². The molecule has 1 heterocycles. The Hall–Kier alpha value is -0.720. The van der Waals surface area contributed by atoms with Crippen molar-refractivity contribution in [3.8, 4) is 0 Å². The predicted molar refractivity (Wildman–Crippen MR) is 67.4 cm³/mol. The highest BCUT2D eigenvalue weighted by atomic mass is 127. The summed E-state index contributed by atoms with van der Waals surface area (Å²) in [5.41, 5.74) is 2.17. The maximum absolute atomic E-state index is 11.8. The normalized spacial score (nSPS) is 10.1. The molecule has 1 aromatic rings. The zero-order valence-corrected chi connectivity index (χ0v) is 11.0. The van der Waals surface area contributed by atoms with Crippen LogP contribution < -0.4 is 5.32 Å². The van der Waals surface area contributed by atoms with Crippen molar-refractivity contribution >= 4 is 28.5 Å². The number of carbonyl (C=O) groups is 1. The number of aromatic nitrogens is 2. The van der Waals surface area contributed by atoms with E-state index in [9.17, 15) is 4.79 Å². The van der Waals surface area contributed by atoms with Crippen LogP contribution in [0.1, 0.15) is 28.7 Å². The Kier molecular flexibility index (Phi) is 4.93. The molecule has 4 nitrogen and oxygen atoms in total. The zero-order chi connectivity index (χ0) is 11.3. The average Bonchev–Trinajstić information content (AvgIpc) is 2.25. The molecule has 0 aliphatic heterocycles. The number of halogens is 1. The highest BCUT2D eigenvalue weighted by Crippen LogP contribution is 2.07. The maximum atomic E-state index is 11.8. The van der Waals surface area contributed by atoms with Gasteiger partial charge >= 0.3 is 0 Å². The quantitative estimate of drug-likeness (QED) is 0.676. The molecule has 1 amide bonds. The molecule has 0 aliphatic rings. The third-order valence-corrected chi connectivity index (χ3v) is 2.49. The van der Waals surface area contributed by atoms with E-state index in [4.69, 9.17) is 0 Å². The lowest BCUT2D eigenvalue weighted by Crippen LogP contribution is -2.26. The average molecular weight is 319 g/mol. The number of alkyl halides is 1. The molecular formula is C10H14IN3O. The van der Waals surface area contributed by atoms with Gasteiger partial charge in [-0.3, -0.25) is 4.79 Å². The summed E-state index contributed by atoms with van der Waals surface area (Å²) in [6, 6.07) is 1.79. The van der Waals surface area contributed by atoms with E-state index >= 15 is 0 Å². The van der Waals surface area contributed by atoms with Crippen LogP contribution in [0.15, 0.2) is 6.07 Å². The fraction of sp³-hybridized carbons (Fsp3) is 0.500. The Morgan fingerprint density at radius 1 is 1.53 bits per heavy atom. The molecule has 15 heavy (non-hydrogen) atoms. The van der Waals surface area contributed by atoms with Crippen molar-refractivity contribution in [1.82, 2.24) is 15.5 Å². The lowest BCUT2D eigenvalue weighted by atomic mass is 10.1. The summed E-state index contributed by atoms with van der Waals surface area (Å²) in [5.74, 6) is -0.0542. The summed E-state index contributed by atoms with van der Waals surface area (Å²) in [6.07, 6.45) is 0.722. The fourth-order valence-corrected chi connectivity index (χ4v) is 1.50. The highest BCUT2D eigenvalue weighted by molar-refractivity contribution is 14.1. The second-order valence-corrected chi connectivity index (χ2v) is 4.22. The summed E-state index contributed by atoms with van der Waals surface area (Å²) >= 11 is 2.22. The van der Waals surface area contributed by atoms with E-state index in [1.165, 1.54) is 0 Å². The topological polar surface area (TPSA) is 54.9 Å². The van der Waals surface area contributed by atoms with Crippen molar-refractivity contribution in [2.45, 2.75) is 20.3 Å². The first-order chi connectivity index (χ1) is 7.19. The van der Waals surface area contributed by atoms with E-state index in [1.54, 1.807) is 6.07 Å². The minimum Gasteiger partial charge on any atom is -0.351 e. The zero-order valence-electron chi connectivity index (χ0n) is 8.88. The van der Waals surface area contributed by atoms with Gasteiger partial charge in [0, 0.05) is 11.0 Å². The van der Waals surface area contributed by atoms with Gasteiger partial charge in [-0.1, -0.05) is 29.5 Å². The molecule has 0 atom stereocenters. The van der Waals surface area contributed by atoms with E-state index in [1.807, 2.05) is 13.8 Å². The van der Waals surface area contributed by atoms with Gasteiger partial charge in [-0.25, -0.2) is 0 Å². The molecular weight excluding hydrogens is 305 g/mol. The number of hydrogen-bond donors (Lipinski definition) is 1. The number of aryl methyl sites for hydroxylation is 2. The van der Waals surface area contributed by atoms with Crippen molar-refractivity contribution in [3.05, 3.63) is 23.0 Å². The first-order valence-electron chi connectivity index (χ1n) is 4.86. The third kappa shape index (κ3) is 3.40. The molecule has 82 valence electrons. The smallest absolute Gasteiger partial charge is 0.253 e. The van der Waals surface area contributed by atoms with Crippen LogP contribution in [0.25, 0.3) is 0 Å². The van der Waals surface area contributed by atoms with Crippen LogP contribution in [0.4, 0.5) is 0 Å². The van der Waals surface area contributed by atoms with Gasteiger partial charge in [0.15, 0.2) is 0 Å². The van der Waals surface area contributed by atoms with E-state index in [0.717, 1.165) is 22.2 Å². The lowest BCUT2D eigenvalue weighted by Gasteiger charge is -2.07. The van der Waals surface area contributed by atoms with E-state index in [2.05, 4.69) is 38.1 Å². The van der Waals surface area contributed by atoms with Crippen molar-refractivity contribution < 1.29 is 4.79 Å². The molecule has 0 spiro atoms. The van der Waals surface area contributed by atoms with E-state index in [0.29, 0.717) is 12.1 Å². The van der Waals surface area contributed by atoms with Gasteiger partial charge in [-0.2, -0.15) is 10.2 Å². The van der Waals surface area contributed by atoms with Gasteiger partial charge in [0.2, 0.25) is 0 Å². The van der Waals surface area contributed by atoms with Gasteiger partial charge in [0.25, 0.3) is 5.91 Å². The van der Waals surface area contributed by atoms with Crippen molar-refractivity contribution in [2.75, 3.05) is 11.0 Å². The highest BCUT2D eigenvalue weighted by Gasteiger charge is 2.11. The lowest BCUT2D eigenvalue weighted by molar-refractivity contribution is 0.0954. The Morgan fingerprint density at radius 2 is 2.27 bits per heavy atom. The minimum absolute atomic E-state index is 0.0542. The van der Waals surface area contributed by atoms with Crippen LogP contribution in [0.2, 0.25) is 0 Å². The number of nitrogens with one attached hydrogen (secondary N) is 1. The van der Waals surface area contributed by atoms with Crippen molar-refractivity contribution in [3.63, 3.8) is 0 Å². The molecule has 0 radical (unpaired) electrons. The predicted octanol–water partition coefficient (Wildman–Crippen LogP) is 1.51. The first-order valence-corrected chi connectivity index (χ1v) is 6.39. The van der Waals surface area contributed by atoms with E-state index < -0.39 is 0 Å². The van der Waals surface area contributed by atoms with Gasteiger partial charge in [-0.05, 0) is 19.4 Å². The summed E-state index contributed by atoms with van der Waals surface area (Å²) in [5, 5.41) is 10.8. The van der Waals surface area contributed by atoms with Crippen LogP contribution in [0.3, 0.4) is 0 Å². The van der Waals surface area contributed by atoms with Gasteiger partial charge in [0.05, 0.1) is 17.0 Å². The minimum atomic E-state index is -0.0542. The molecule has 0 bridgehead atoms. The molecule has 1 rings (SSSR count). The molecule has 0 unspecified atom stereocenters. The standard InChI is InChI=1S/C10H14IN3O/c1-3-9-8(6-7(2)13-14-9)10(15)12-5-4-11/h6H,3-5H2,1-2H3,(H,12,15). The van der Waals surface area contributed by atoms with Crippen molar-refractivity contribution in [1.29, 1.82) is 0 Å². The summed E-state index contributed by atoms with van der Waals surface area (Å²) in [7, 11) is 0. The molecule has 1 N–H and O–H groups in total. The molecule has 1 aromatic heterocycles. The molecule has 0 saturated carbocycles. The Morgan fingerprint density at radius 3 is 2.87 bits per heavy atom. The largest absolute Gasteiger partial charge is 0.351 e. The van der Waals surface area contributed by atoms with Crippen LogP contribution in [0.5, 0.6) is 0 Å². The summed E-state index contributed by atoms with van der Waals surface area (Å²) < 4.78 is 0.905. The number of rotatable bonds is 4. The van der Waals surface area contributed by atoms with Gasteiger partial charge < -0.3 is 5.32 Å². The number of hydrogen-bond acceptors (Lipinski definition) is 3. The van der Waals surface area contributed by atoms with Crippen LogP contribution in [0, 0.1) is 6.92 Å². The Labute approximate surface area is 103 Å². The summed E-state index contributed by atoms with van der Waals surface area (Å²) in [4.78, 5) is 11.8. The van der Waals surface area contributed by atoms with Crippen LogP contribution in [-0.2, 0) is 6.42 Å². The number of carbonyl (C=O) groups excluding carboxylic acids is 1. The first kappa shape index (κ1) is 12.4. The molecule has 5 heteroatoms. The molecule has 0 aliphatic carbocycles. The second-order valence-electron chi connectivity index (χ2n) is 3.14. The Bertz CT molecular complexity index is 355. The van der Waals surface area contributed by atoms with Crippen LogP contribution in [-0.4, -0.2) is 27.1 Å². The van der Waals surface area contributed by atoms with Crippen molar-refractivity contribution in [2.24, 2.45) is 0 Å². The number of amides is 1. The fourth-order valence-electron chi connectivity index (χ4n) is 1.23. The molecule has 0 saturated heterocycles. The third-order valence-electron chi connectivity index (χ3n) is 1.95. The van der Waals surface area contributed by atoms with Gasteiger partial charge in [0.1, 0.15) is 0 Å². The summed E-state index contributed by atoms with van der Waals surface area (Å²) in [6.45, 7) is 4.49. The van der Waals surface area contributed by atoms with Gasteiger partial charge in [-0.15, -0.1) is 0 Å². The molecule has 0 aromatic carbocycles.